The molecule has 6 nitrogen and oxygen atoms in total. The Morgan fingerprint density at radius 2 is 1.95 bits per heavy atom. The van der Waals surface area contributed by atoms with Gasteiger partial charge in [-0.05, 0) is 24.3 Å². The molecule has 1 heterocycles. The molecule has 1 aromatic heterocycles. The number of hydrogen-bond acceptors (Lipinski definition) is 4. The topological polar surface area (TPSA) is 81.1 Å². The lowest BCUT2D eigenvalue weighted by Crippen LogP contribution is -2.11. The number of halogens is 1. The number of aromatic nitrogens is 2. The summed E-state index contributed by atoms with van der Waals surface area (Å²) in [4.78, 5) is 11.8. The van der Waals surface area contributed by atoms with Gasteiger partial charge >= 0.3 is 0 Å². The summed E-state index contributed by atoms with van der Waals surface area (Å²) < 4.78 is 23.6. The maximum Gasteiger partial charge on any atom is 0.261 e. The zero-order chi connectivity index (χ0) is 14.0. The third-order valence-corrected chi connectivity index (χ3v) is 3.73. The molecule has 1 aromatic carbocycles. The molecule has 0 aliphatic carbocycles. The number of anilines is 1. The summed E-state index contributed by atoms with van der Waals surface area (Å²) in [6.07, 6.45) is 3.01. The van der Waals surface area contributed by atoms with E-state index >= 15 is 0 Å². The Bertz CT molecular complexity index is 707. The van der Waals surface area contributed by atoms with Crippen LogP contribution >= 0.6 is 10.7 Å². The Labute approximate surface area is 114 Å². The second-order valence-electron chi connectivity index (χ2n) is 3.82. The van der Waals surface area contributed by atoms with Gasteiger partial charge in [-0.3, -0.25) is 9.48 Å². The van der Waals surface area contributed by atoms with E-state index in [4.69, 9.17) is 10.7 Å². The van der Waals surface area contributed by atoms with Crippen molar-refractivity contribution in [3.8, 4) is 0 Å². The number of carbonyl (C=O) groups is 1. The van der Waals surface area contributed by atoms with E-state index < -0.39 is 9.05 Å². The summed E-state index contributed by atoms with van der Waals surface area (Å²) in [5.41, 5.74) is 0.884. The van der Waals surface area contributed by atoms with E-state index in [-0.39, 0.29) is 10.8 Å². The van der Waals surface area contributed by atoms with Crippen LogP contribution in [0.15, 0.2) is 41.6 Å². The largest absolute Gasteiger partial charge is 0.322 e. The van der Waals surface area contributed by atoms with Crippen molar-refractivity contribution >= 4 is 31.3 Å². The summed E-state index contributed by atoms with van der Waals surface area (Å²) in [5.74, 6) is -0.324. The molecule has 8 heteroatoms. The Morgan fingerprint density at radius 3 is 2.42 bits per heavy atom. The minimum atomic E-state index is -3.75. The standard InChI is InChI=1S/C11H10ClN3O3S/c1-15-7-8(6-13-15)11(16)14-9-2-4-10(5-3-9)19(12,17)18/h2-7H,1H3,(H,14,16). The van der Waals surface area contributed by atoms with E-state index in [1.165, 1.54) is 35.1 Å². The van der Waals surface area contributed by atoms with Crippen molar-refractivity contribution in [3.05, 3.63) is 42.2 Å². The third kappa shape index (κ3) is 3.33. The zero-order valence-electron chi connectivity index (χ0n) is 9.87. The highest BCUT2D eigenvalue weighted by molar-refractivity contribution is 8.13. The number of benzene rings is 1. The van der Waals surface area contributed by atoms with Crippen molar-refractivity contribution in [1.29, 1.82) is 0 Å². The molecule has 0 unspecified atom stereocenters. The van der Waals surface area contributed by atoms with E-state index in [1.54, 1.807) is 13.2 Å². The first-order valence-corrected chi connectivity index (χ1v) is 7.52. The average Bonchev–Trinajstić information content (AvgIpc) is 2.75. The molecule has 0 radical (unpaired) electrons. The first-order valence-electron chi connectivity index (χ1n) is 5.21. The van der Waals surface area contributed by atoms with Gasteiger partial charge in [0.15, 0.2) is 0 Å². The Morgan fingerprint density at radius 1 is 1.32 bits per heavy atom. The zero-order valence-corrected chi connectivity index (χ0v) is 11.4. The Balaban J connectivity index is 2.14. The van der Waals surface area contributed by atoms with Crippen molar-refractivity contribution in [2.75, 3.05) is 5.32 Å². The summed E-state index contributed by atoms with van der Waals surface area (Å²) in [7, 11) is 3.14. The van der Waals surface area contributed by atoms with E-state index in [0.717, 1.165) is 0 Å². The molecular weight excluding hydrogens is 290 g/mol. The lowest BCUT2D eigenvalue weighted by molar-refractivity contribution is 0.102. The van der Waals surface area contributed by atoms with Crippen LogP contribution in [0, 0.1) is 0 Å². The van der Waals surface area contributed by atoms with Crippen LogP contribution < -0.4 is 5.32 Å². The minimum absolute atomic E-state index is 0.0199. The molecule has 0 saturated heterocycles. The number of carbonyl (C=O) groups excluding carboxylic acids is 1. The molecule has 0 spiro atoms. The second kappa shape index (κ2) is 5.02. The van der Waals surface area contributed by atoms with E-state index in [2.05, 4.69) is 10.4 Å². The fraction of sp³-hybridized carbons (Fsp3) is 0.0909. The summed E-state index contributed by atoms with van der Waals surface area (Å²) in [5, 5.41) is 6.50. The quantitative estimate of drug-likeness (QED) is 0.873. The van der Waals surface area contributed by atoms with Crippen LogP contribution in [0.25, 0.3) is 0 Å². The molecule has 0 saturated carbocycles. The molecule has 100 valence electrons. The molecule has 2 aromatic rings. The predicted octanol–water partition coefficient (Wildman–Crippen LogP) is 1.60. The van der Waals surface area contributed by atoms with Crippen LogP contribution in [-0.4, -0.2) is 24.1 Å². The molecule has 0 bridgehead atoms. The highest BCUT2D eigenvalue weighted by atomic mass is 35.7. The third-order valence-electron chi connectivity index (χ3n) is 2.36. The maximum atomic E-state index is 11.8. The van der Waals surface area contributed by atoms with Crippen LogP contribution in [0.1, 0.15) is 10.4 Å². The molecule has 19 heavy (non-hydrogen) atoms. The predicted molar refractivity (Wildman–Crippen MR) is 70.6 cm³/mol. The molecule has 0 aliphatic rings. The van der Waals surface area contributed by atoms with Gasteiger partial charge in [0.1, 0.15) is 0 Å². The van der Waals surface area contributed by atoms with Crippen molar-refractivity contribution in [3.63, 3.8) is 0 Å². The van der Waals surface area contributed by atoms with Gasteiger partial charge in [0.05, 0.1) is 16.7 Å². The molecule has 0 aliphatic heterocycles. The number of amides is 1. The van der Waals surface area contributed by atoms with Crippen LogP contribution in [0.3, 0.4) is 0 Å². The molecule has 1 N–H and O–H groups in total. The van der Waals surface area contributed by atoms with Crippen molar-refractivity contribution < 1.29 is 13.2 Å². The highest BCUT2D eigenvalue weighted by Crippen LogP contribution is 2.18. The fourth-order valence-electron chi connectivity index (χ4n) is 1.44. The van der Waals surface area contributed by atoms with Gasteiger partial charge in [-0.25, -0.2) is 8.42 Å². The summed E-state index contributed by atoms with van der Waals surface area (Å²) >= 11 is 0. The molecule has 0 fully saturated rings. The summed E-state index contributed by atoms with van der Waals surface area (Å²) in [6.45, 7) is 0. The van der Waals surface area contributed by atoms with E-state index in [1.807, 2.05) is 0 Å². The van der Waals surface area contributed by atoms with Crippen molar-refractivity contribution in [2.45, 2.75) is 4.90 Å². The van der Waals surface area contributed by atoms with Gasteiger partial charge in [0.25, 0.3) is 15.0 Å². The number of aryl methyl sites for hydroxylation is 1. The Hall–Kier alpha value is -1.86. The van der Waals surface area contributed by atoms with Crippen molar-refractivity contribution in [1.82, 2.24) is 9.78 Å². The number of hydrogen-bond donors (Lipinski definition) is 1. The van der Waals surface area contributed by atoms with Crippen LogP contribution in [0.4, 0.5) is 5.69 Å². The summed E-state index contributed by atoms with van der Waals surface area (Å²) in [6, 6.07) is 5.56. The number of nitrogens with zero attached hydrogens (tertiary/aromatic N) is 2. The first-order chi connectivity index (χ1) is 8.86. The molecule has 0 atom stereocenters. The van der Waals surface area contributed by atoms with Gasteiger partial charge in [0, 0.05) is 29.6 Å². The van der Waals surface area contributed by atoms with Crippen molar-refractivity contribution in [2.24, 2.45) is 7.05 Å². The maximum absolute atomic E-state index is 11.8. The highest BCUT2D eigenvalue weighted by Gasteiger charge is 2.11. The lowest BCUT2D eigenvalue weighted by atomic mass is 10.3. The van der Waals surface area contributed by atoms with Gasteiger partial charge in [-0.1, -0.05) is 0 Å². The monoisotopic (exact) mass is 299 g/mol. The van der Waals surface area contributed by atoms with Gasteiger partial charge in [-0.15, -0.1) is 0 Å². The van der Waals surface area contributed by atoms with Crippen LogP contribution in [0.2, 0.25) is 0 Å². The smallest absolute Gasteiger partial charge is 0.261 e. The SMILES string of the molecule is Cn1cc(C(=O)Nc2ccc(S(=O)(=O)Cl)cc2)cn1. The van der Waals surface area contributed by atoms with Gasteiger partial charge < -0.3 is 5.32 Å². The van der Waals surface area contributed by atoms with Crippen LogP contribution in [-0.2, 0) is 16.1 Å². The lowest BCUT2D eigenvalue weighted by Gasteiger charge is -2.03. The van der Waals surface area contributed by atoms with E-state index in [0.29, 0.717) is 11.3 Å². The van der Waals surface area contributed by atoms with Gasteiger partial charge in [0.2, 0.25) is 0 Å². The fourth-order valence-corrected chi connectivity index (χ4v) is 2.21. The normalized spacial score (nSPS) is 11.3. The first kappa shape index (κ1) is 13.6. The number of rotatable bonds is 3. The number of nitrogens with one attached hydrogen (secondary N) is 1. The van der Waals surface area contributed by atoms with E-state index in [9.17, 15) is 13.2 Å². The minimum Gasteiger partial charge on any atom is -0.322 e. The average molecular weight is 300 g/mol. The van der Waals surface area contributed by atoms with Gasteiger partial charge in [-0.2, -0.15) is 5.10 Å². The van der Waals surface area contributed by atoms with Crippen LogP contribution in [0.5, 0.6) is 0 Å². The molecule has 2 rings (SSSR count). The second-order valence-corrected chi connectivity index (χ2v) is 6.38. The Kier molecular flexibility index (Phi) is 3.59. The molecular formula is C11H10ClN3O3S. The molecule has 1 amide bonds.